The Kier molecular flexibility index (Phi) is 4.26. The molecule has 1 aromatic carbocycles. The molecular weight excluding hydrogens is 298 g/mol. The van der Waals surface area contributed by atoms with Gasteiger partial charge in [0.05, 0.1) is 6.10 Å². The average Bonchev–Trinajstić information content (AvgIpc) is 3.33. The maximum Gasteiger partial charge on any atom is 0.411 e. The van der Waals surface area contributed by atoms with E-state index in [1.807, 2.05) is 30.3 Å². The summed E-state index contributed by atoms with van der Waals surface area (Å²) >= 11 is 0. The maximum absolute atomic E-state index is 12.5. The molecule has 2 saturated carbocycles. The normalized spacial score (nSPS) is 26.2. The van der Waals surface area contributed by atoms with Gasteiger partial charge in [0.1, 0.15) is 12.1 Å². The lowest BCUT2D eigenvalue weighted by Crippen LogP contribution is -2.66. The monoisotopic (exact) mass is 319 g/mol. The third kappa shape index (κ3) is 3.03. The van der Waals surface area contributed by atoms with E-state index in [1.54, 1.807) is 7.11 Å². The number of carbonyl (C=O) groups excluding carboxylic acids is 1. The van der Waals surface area contributed by atoms with E-state index in [4.69, 9.17) is 9.47 Å². The topological polar surface area (TPSA) is 76.1 Å². The summed E-state index contributed by atoms with van der Waals surface area (Å²) in [4.78, 5) is 25.8. The third-order valence-corrected chi connectivity index (χ3v) is 4.64. The molecule has 0 unspecified atom stereocenters. The van der Waals surface area contributed by atoms with Gasteiger partial charge >= 0.3 is 12.1 Å². The standard InChI is InChI=1S/C17H21NO5/c1-22-14-9-17(10-14,15(19)20)18(13-7-8-13)16(21)23-11-12-5-3-2-4-6-12/h2-6,13-14H,7-11H2,1H3,(H,19,20). The van der Waals surface area contributed by atoms with Crippen molar-refractivity contribution in [3.8, 4) is 0 Å². The zero-order valence-corrected chi connectivity index (χ0v) is 13.1. The summed E-state index contributed by atoms with van der Waals surface area (Å²) in [5.41, 5.74) is -0.306. The zero-order chi connectivity index (χ0) is 16.4. The number of hydrogen-bond acceptors (Lipinski definition) is 4. The second-order valence-electron chi connectivity index (χ2n) is 6.24. The van der Waals surface area contributed by atoms with Crippen molar-refractivity contribution in [3.63, 3.8) is 0 Å². The number of carboxylic acid groups (broad SMARTS) is 1. The van der Waals surface area contributed by atoms with Gasteiger partial charge in [-0.3, -0.25) is 4.90 Å². The van der Waals surface area contributed by atoms with Crippen LogP contribution in [0.5, 0.6) is 0 Å². The molecule has 2 aliphatic carbocycles. The van der Waals surface area contributed by atoms with Crippen LogP contribution in [0.2, 0.25) is 0 Å². The number of carboxylic acids is 1. The average molecular weight is 319 g/mol. The predicted octanol–water partition coefficient (Wildman–Crippen LogP) is 2.42. The summed E-state index contributed by atoms with van der Waals surface area (Å²) in [5, 5.41) is 9.67. The summed E-state index contributed by atoms with van der Waals surface area (Å²) in [6.07, 6.45) is 1.62. The van der Waals surface area contributed by atoms with Gasteiger partial charge < -0.3 is 14.6 Å². The molecule has 1 N–H and O–H groups in total. The van der Waals surface area contributed by atoms with E-state index in [0.29, 0.717) is 12.8 Å². The molecule has 0 aliphatic heterocycles. The Bertz CT molecular complexity index is 578. The second kappa shape index (κ2) is 6.20. The number of ether oxygens (including phenoxy) is 2. The molecule has 6 heteroatoms. The molecule has 0 radical (unpaired) electrons. The van der Waals surface area contributed by atoms with Crippen molar-refractivity contribution < 1.29 is 24.2 Å². The fraction of sp³-hybridized carbons (Fsp3) is 0.529. The van der Waals surface area contributed by atoms with Gasteiger partial charge in [-0.2, -0.15) is 0 Å². The Hall–Kier alpha value is -2.08. The van der Waals surface area contributed by atoms with Gasteiger partial charge in [0, 0.05) is 26.0 Å². The molecular formula is C17H21NO5. The van der Waals surface area contributed by atoms with Crippen molar-refractivity contribution in [2.75, 3.05) is 7.11 Å². The Morgan fingerprint density at radius 1 is 1.26 bits per heavy atom. The van der Waals surface area contributed by atoms with Gasteiger partial charge in [-0.1, -0.05) is 30.3 Å². The molecule has 0 aromatic heterocycles. The molecule has 0 saturated heterocycles. The summed E-state index contributed by atoms with van der Waals surface area (Å²) in [7, 11) is 1.56. The minimum absolute atomic E-state index is 0.0350. The highest BCUT2D eigenvalue weighted by atomic mass is 16.6. The van der Waals surface area contributed by atoms with Crippen LogP contribution < -0.4 is 0 Å². The molecule has 124 valence electrons. The van der Waals surface area contributed by atoms with Crippen LogP contribution in [0.1, 0.15) is 31.2 Å². The molecule has 0 spiro atoms. The Morgan fingerprint density at radius 2 is 1.91 bits per heavy atom. The summed E-state index contributed by atoms with van der Waals surface area (Å²) < 4.78 is 10.6. The smallest absolute Gasteiger partial charge is 0.411 e. The lowest BCUT2D eigenvalue weighted by atomic mass is 9.72. The minimum Gasteiger partial charge on any atom is -0.479 e. The van der Waals surface area contributed by atoms with Gasteiger partial charge in [0.25, 0.3) is 0 Å². The molecule has 1 aromatic rings. The van der Waals surface area contributed by atoms with Crippen molar-refractivity contribution in [2.24, 2.45) is 0 Å². The second-order valence-corrected chi connectivity index (χ2v) is 6.24. The Labute approximate surface area is 135 Å². The van der Waals surface area contributed by atoms with Crippen LogP contribution in [0.25, 0.3) is 0 Å². The van der Waals surface area contributed by atoms with E-state index in [9.17, 15) is 14.7 Å². The van der Waals surface area contributed by atoms with E-state index < -0.39 is 17.6 Å². The number of methoxy groups -OCH3 is 1. The highest BCUT2D eigenvalue weighted by molar-refractivity contribution is 5.86. The predicted molar refractivity (Wildman–Crippen MR) is 81.9 cm³/mol. The van der Waals surface area contributed by atoms with Crippen LogP contribution in [0, 0.1) is 0 Å². The van der Waals surface area contributed by atoms with E-state index >= 15 is 0 Å². The SMILES string of the molecule is COC1CC(C(=O)O)(N(C(=O)OCc2ccccc2)C2CC2)C1. The van der Waals surface area contributed by atoms with E-state index in [1.165, 1.54) is 4.90 Å². The van der Waals surface area contributed by atoms with Crippen LogP contribution in [0.4, 0.5) is 4.79 Å². The lowest BCUT2D eigenvalue weighted by Gasteiger charge is -2.49. The number of carbonyl (C=O) groups is 2. The number of aliphatic carboxylic acids is 1. The number of benzene rings is 1. The van der Waals surface area contributed by atoms with Crippen LogP contribution >= 0.6 is 0 Å². The van der Waals surface area contributed by atoms with Crippen LogP contribution in [-0.2, 0) is 20.9 Å². The van der Waals surface area contributed by atoms with Crippen LogP contribution in [0.15, 0.2) is 30.3 Å². The molecule has 3 rings (SSSR count). The molecule has 0 bridgehead atoms. The van der Waals surface area contributed by atoms with Crippen molar-refractivity contribution >= 4 is 12.1 Å². The first-order valence-electron chi connectivity index (χ1n) is 7.83. The van der Waals surface area contributed by atoms with E-state index in [-0.39, 0.29) is 18.8 Å². The number of hydrogen-bond donors (Lipinski definition) is 1. The Balaban J connectivity index is 1.71. The molecule has 2 aliphatic rings. The lowest BCUT2D eigenvalue weighted by molar-refractivity contribution is -0.169. The largest absolute Gasteiger partial charge is 0.479 e. The fourth-order valence-electron chi connectivity index (χ4n) is 3.13. The first kappa shape index (κ1) is 15.8. The summed E-state index contributed by atoms with van der Waals surface area (Å²) in [6, 6.07) is 9.33. The molecule has 23 heavy (non-hydrogen) atoms. The van der Waals surface area contributed by atoms with Crippen molar-refractivity contribution in [1.82, 2.24) is 4.90 Å². The summed E-state index contributed by atoms with van der Waals surface area (Å²) in [6.45, 7) is 0.145. The molecule has 0 atom stereocenters. The van der Waals surface area contributed by atoms with Crippen LogP contribution in [0.3, 0.4) is 0 Å². The first-order chi connectivity index (χ1) is 11.1. The van der Waals surface area contributed by atoms with Crippen molar-refractivity contribution in [1.29, 1.82) is 0 Å². The van der Waals surface area contributed by atoms with E-state index in [0.717, 1.165) is 18.4 Å². The zero-order valence-electron chi connectivity index (χ0n) is 13.1. The van der Waals surface area contributed by atoms with Crippen molar-refractivity contribution in [2.45, 2.75) is 50.0 Å². The van der Waals surface area contributed by atoms with Gasteiger partial charge in [-0.15, -0.1) is 0 Å². The number of nitrogens with zero attached hydrogens (tertiary/aromatic N) is 1. The van der Waals surface area contributed by atoms with Crippen LogP contribution in [-0.4, -0.2) is 46.9 Å². The first-order valence-corrected chi connectivity index (χ1v) is 7.83. The maximum atomic E-state index is 12.5. The fourth-order valence-corrected chi connectivity index (χ4v) is 3.13. The van der Waals surface area contributed by atoms with Gasteiger partial charge in [-0.25, -0.2) is 9.59 Å². The number of amides is 1. The minimum atomic E-state index is -1.18. The number of rotatable bonds is 6. The third-order valence-electron chi connectivity index (χ3n) is 4.64. The molecule has 0 heterocycles. The van der Waals surface area contributed by atoms with Gasteiger partial charge in [0.2, 0.25) is 0 Å². The molecule has 6 nitrogen and oxygen atoms in total. The molecule has 2 fully saturated rings. The highest BCUT2D eigenvalue weighted by Gasteiger charge is 2.60. The van der Waals surface area contributed by atoms with Gasteiger partial charge in [0.15, 0.2) is 0 Å². The van der Waals surface area contributed by atoms with Crippen molar-refractivity contribution in [3.05, 3.63) is 35.9 Å². The summed E-state index contributed by atoms with van der Waals surface area (Å²) in [5.74, 6) is -0.977. The van der Waals surface area contributed by atoms with E-state index in [2.05, 4.69) is 0 Å². The van der Waals surface area contributed by atoms with Gasteiger partial charge in [-0.05, 0) is 18.4 Å². The molecule has 1 amide bonds. The quantitative estimate of drug-likeness (QED) is 0.871. The highest BCUT2D eigenvalue weighted by Crippen LogP contribution is 2.45. The Morgan fingerprint density at radius 3 is 2.43 bits per heavy atom.